The highest BCUT2D eigenvalue weighted by Crippen LogP contribution is 2.22. The van der Waals surface area contributed by atoms with Crippen LogP contribution in [0.2, 0.25) is 0 Å². The SMILES string of the molecule is C[C@@H](C(=O)C(F)(F)F)N(Cc1ccccc1)Cc1ccccc1. The molecule has 2 aromatic rings. The van der Waals surface area contributed by atoms with Gasteiger partial charge in [-0.3, -0.25) is 9.69 Å². The van der Waals surface area contributed by atoms with Crippen molar-refractivity contribution in [2.24, 2.45) is 0 Å². The molecule has 0 spiro atoms. The molecule has 23 heavy (non-hydrogen) atoms. The molecule has 0 saturated carbocycles. The van der Waals surface area contributed by atoms with Crippen LogP contribution in [-0.2, 0) is 17.9 Å². The number of carbonyl (C=O) groups excluding carboxylic acids is 1. The monoisotopic (exact) mass is 321 g/mol. The van der Waals surface area contributed by atoms with E-state index in [0.717, 1.165) is 11.1 Å². The number of benzene rings is 2. The first kappa shape index (κ1) is 17.2. The summed E-state index contributed by atoms with van der Waals surface area (Å²) >= 11 is 0. The smallest absolute Gasteiger partial charge is 0.288 e. The standard InChI is InChI=1S/C18H18F3NO/c1-14(17(23)18(19,20)21)22(12-15-8-4-2-5-9-15)13-16-10-6-3-7-11-16/h2-11,14H,12-13H2,1H3/t14-/m0/s1. The minimum atomic E-state index is -4.83. The molecule has 0 aliphatic carbocycles. The Morgan fingerprint density at radius 2 is 1.30 bits per heavy atom. The van der Waals surface area contributed by atoms with Gasteiger partial charge in [0.2, 0.25) is 0 Å². The molecule has 0 amide bonds. The molecule has 0 bridgehead atoms. The Labute approximate surface area is 133 Å². The number of rotatable bonds is 6. The van der Waals surface area contributed by atoms with Gasteiger partial charge in [-0.25, -0.2) is 0 Å². The van der Waals surface area contributed by atoms with Gasteiger partial charge in [-0.15, -0.1) is 0 Å². The molecule has 2 nitrogen and oxygen atoms in total. The Hall–Kier alpha value is -2.14. The number of alkyl halides is 3. The van der Waals surface area contributed by atoms with Gasteiger partial charge < -0.3 is 0 Å². The lowest BCUT2D eigenvalue weighted by Crippen LogP contribution is -2.44. The Kier molecular flexibility index (Phi) is 5.55. The lowest BCUT2D eigenvalue weighted by atomic mass is 10.1. The summed E-state index contributed by atoms with van der Waals surface area (Å²) in [6.45, 7) is 1.86. The summed E-state index contributed by atoms with van der Waals surface area (Å²) in [5.41, 5.74) is 1.73. The van der Waals surface area contributed by atoms with E-state index < -0.39 is 18.0 Å². The predicted octanol–water partition coefficient (Wildman–Crippen LogP) is 4.21. The van der Waals surface area contributed by atoms with Gasteiger partial charge in [0.05, 0.1) is 6.04 Å². The molecule has 0 fully saturated rings. The lowest BCUT2D eigenvalue weighted by molar-refractivity contribution is -0.176. The summed E-state index contributed by atoms with van der Waals surface area (Å²) in [4.78, 5) is 13.2. The third-order valence-electron chi connectivity index (χ3n) is 3.66. The van der Waals surface area contributed by atoms with Crippen LogP contribution in [0.25, 0.3) is 0 Å². The molecule has 0 N–H and O–H groups in total. The van der Waals surface area contributed by atoms with Crippen molar-refractivity contribution >= 4 is 5.78 Å². The van der Waals surface area contributed by atoms with Crippen molar-refractivity contribution in [2.45, 2.75) is 32.2 Å². The van der Waals surface area contributed by atoms with Crippen LogP contribution >= 0.6 is 0 Å². The van der Waals surface area contributed by atoms with Crippen LogP contribution in [0.4, 0.5) is 13.2 Å². The molecule has 1 atom stereocenters. The second-order valence-electron chi connectivity index (χ2n) is 5.41. The molecule has 2 aromatic carbocycles. The van der Waals surface area contributed by atoms with Crippen molar-refractivity contribution in [3.63, 3.8) is 0 Å². The molecule has 0 saturated heterocycles. The summed E-state index contributed by atoms with van der Waals surface area (Å²) in [6.07, 6.45) is -4.83. The van der Waals surface area contributed by atoms with E-state index in [1.807, 2.05) is 60.7 Å². The van der Waals surface area contributed by atoms with E-state index in [0.29, 0.717) is 0 Å². The Balaban J connectivity index is 2.22. The number of halogens is 3. The van der Waals surface area contributed by atoms with E-state index >= 15 is 0 Å². The first-order valence-corrected chi connectivity index (χ1v) is 7.31. The number of Topliss-reactive ketones (excluding diaryl/α,β-unsaturated/α-hetero) is 1. The van der Waals surface area contributed by atoms with Crippen molar-refractivity contribution in [1.82, 2.24) is 4.90 Å². The van der Waals surface area contributed by atoms with Crippen LogP contribution in [0.5, 0.6) is 0 Å². The second kappa shape index (κ2) is 7.42. The average molecular weight is 321 g/mol. The lowest BCUT2D eigenvalue weighted by Gasteiger charge is -2.28. The zero-order valence-corrected chi connectivity index (χ0v) is 12.8. The van der Waals surface area contributed by atoms with Crippen LogP contribution in [0, 0.1) is 0 Å². The molecular weight excluding hydrogens is 303 g/mol. The minimum Gasteiger partial charge on any atom is -0.288 e. The van der Waals surface area contributed by atoms with E-state index in [9.17, 15) is 18.0 Å². The van der Waals surface area contributed by atoms with Gasteiger partial charge in [0.25, 0.3) is 5.78 Å². The molecule has 2 rings (SSSR count). The Morgan fingerprint density at radius 1 is 0.913 bits per heavy atom. The van der Waals surface area contributed by atoms with Gasteiger partial charge in [0.1, 0.15) is 0 Å². The zero-order valence-electron chi connectivity index (χ0n) is 12.8. The minimum absolute atomic E-state index is 0.277. The summed E-state index contributed by atoms with van der Waals surface area (Å²) in [5, 5.41) is 0. The number of carbonyl (C=O) groups is 1. The van der Waals surface area contributed by atoms with Gasteiger partial charge in [-0.05, 0) is 18.1 Å². The maximum absolute atomic E-state index is 12.8. The highest BCUT2D eigenvalue weighted by Gasteiger charge is 2.43. The Bertz CT molecular complexity index is 584. The van der Waals surface area contributed by atoms with E-state index in [1.165, 1.54) is 6.92 Å². The zero-order chi connectivity index (χ0) is 16.9. The van der Waals surface area contributed by atoms with Crippen LogP contribution in [-0.4, -0.2) is 22.9 Å². The first-order chi connectivity index (χ1) is 10.9. The number of hydrogen-bond donors (Lipinski definition) is 0. The number of nitrogens with zero attached hydrogens (tertiary/aromatic N) is 1. The van der Waals surface area contributed by atoms with Crippen LogP contribution in [0.15, 0.2) is 60.7 Å². The van der Waals surface area contributed by atoms with Crippen LogP contribution < -0.4 is 0 Å². The fraction of sp³-hybridized carbons (Fsp3) is 0.278. The van der Waals surface area contributed by atoms with E-state index in [2.05, 4.69) is 0 Å². The average Bonchev–Trinajstić information content (AvgIpc) is 2.54. The summed E-state index contributed by atoms with van der Waals surface area (Å²) in [6, 6.07) is 17.1. The van der Waals surface area contributed by atoms with Crippen molar-refractivity contribution in [1.29, 1.82) is 0 Å². The van der Waals surface area contributed by atoms with Gasteiger partial charge in [-0.1, -0.05) is 60.7 Å². The highest BCUT2D eigenvalue weighted by molar-refractivity contribution is 5.88. The van der Waals surface area contributed by atoms with Crippen molar-refractivity contribution in [2.75, 3.05) is 0 Å². The predicted molar refractivity (Wildman–Crippen MR) is 82.7 cm³/mol. The Morgan fingerprint density at radius 3 is 1.65 bits per heavy atom. The molecule has 0 aliphatic heterocycles. The normalized spacial score (nSPS) is 13.1. The van der Waals surface area contributed by atoms with Crippen LogP contribution in [0.1, 0.15) is 18.1 Å². The van der Waals surface area contributed by atoms with Gasteiger partial charge in [0, 0.05) is 13.1 Å². The molecule has 0 heterocycles. The highest BCUT2D eigenvalue weighted by atomic mass is 19.4. The van der Waals surface area contributed by atoms with Crippen molar-refractivity contribution < 1.29 is 18.0 Å². The second-order valence-corrected chi connectivity index (χ2v) is 5.41. The van der Waals surface area contributed by atoms with E-state index in [-0.39, 0.29) is 13.1 Å². The first-order valence-electron chi connectivity index (χ1n) is 7.31. The maximum atomic E-state index is 12.8. The fourth-order valence-corrected chi connectivity index (χ4v) is 2.37. The molecule has 122 valence electrons. The summed E-state index contributed by atoms with van der Waals surface area (Å²) in [5.74, 6) is -1.72. The van der Waals surface area contributed by atoms with E-state index in [4.69, 9.17) is 0 Å². The molecule has 0 radical (unpaired) electrons. The number of ketones is 1. The van der Waals surface area contributed by atoms with Crippen molar-refractivity contribution in [3.05, 3.63) is 71.8 Å². The van der Waals surface area contributed by atoms with Gasteiger partial charge in [-0.2, -0.15) is 13.2 Å². The topological polar surface area (TPSA) is 20.3 Å². The molecule has 0 unspecified atom stereocenters. The van der Waals surface area contributed by atoms with E-state index in [1.54, 1.807) is 4.90 Å². The number of hydrogen-bond acceptors (Lipinski definition) is 2. The molecule has 5 heteroatoms. The third-order valence-corrected chi connectivity index (χ3v) is 3.66. The molecule has 0 aliphatic rings. The van der Waals surface area contributed by atoms with Crippen LogP contribution in [0.3, 0.4) is 0 Å². The largest absolute Gasteiger partial charge is 0.451 e. The third kappa shape index (κ3) is 4.93. The quantitative estimate of drug-likeness (QED) is 0.794. The summed E-state index contributed by atoms with van der Waals surface area (Å²) in [7, 11) is 0. The summed E-state index contributed by atoms with van der Waals surface area (Å²) < 4.78 is 38.3. The van der Waals surface area contributed by atoms with Gasteiger partial charge in [0.15, 0.2) is 0 Å². The fourth-order valence-electron chi connectivity index (χ4n) is 2.37. The van der Waals surface area contributed by atoms with Gasteiger partial charge >= 0.3 is 6.18 Å². The molecular formula is C18H18F3NO. The maximum Gasteiger partial charge on any atom is 0.451 e. The van der Waals surface area contributed by atoms with Crippen molar-refractivity contribution in [3.8, 4) is 0 Å². The molecule has 0 aromatic heterocycles.